The molecule has 1 saturated heterocycles. The van der Waals surface area contributed by atoms with Crippen molar-refractivity contribution in [3.05, 3.63) is 59.5 Å². The Bertz CT molecular complexity index is 967. The van der Waals surface area contributed by atoms with Gasteiger partial charge >= 0.3 is 0 Å². The smallest absolute Gasteiger partial charge is 0.260 e. The minimum atomic E-state index is 0.0339. The van der Waals surface area contributed by atoms with Gasteiger partial charge in [-0.3, -0.25) is 4.79 Å². The highest BCUT2D eigenvalue weighted by Gasteiger charge is 2.27. The fourth-order valence-electron chi connectivity index (χ4n) is 4.06. The Morgan fingerprint density at radius 3 is 2.66 bits per heavy atom. The quantitative estimate of drug-likeness (QED) is 0.610. The standard InChI is InChI=1S/C24H28N2O3/c1-16(2)20-9-8-19(14-17(20)3)28-15-23(27)26-12-10-18(11-13-26)24-25-21-6-4-5-7-22(21)29-24/h4-9,14,16,18H,10-13,15H2,1-3H3. The van der Waals surface area contributed by atoms with Crippen LogP contribution < -0.4 is 4.74 Å². The molecule has 0 unspecified atom stereocenters. The molecule has 152 valence electrons. The van der Waals surface area contributed by atoms with E-state index in [4.69, 9.17) is 9.15 Å². The topological polar surface area (TPSA) is 55.6 Å². The van der Waals surface area contributed by atoms with Crippen LogP contribution in [0.4, 0.5) is 0 Å². The molecule has 0 atom stereocenters. The number of amides is 1. The molecule has 3 aromatic rings. The first-order valence-electron chi connectivity index (χ1n) is 10.4. The minimum absolute atomic E-state index is 0.0339. The maximum Gasteiger partial charge on any atom is 0.260 e. The zero-order valence-electron chi connectivity index (χ0n) is 17.4. The fourth-order valence-corrected chi connectivity index (χ4v) is 4.06. The van der Waals surface area contributed by atoms with Gasteiger partial charge in [0.15, 0.2) is 18.1 Å². The first kappa shape index (κ1) is 19.5. The van der Waals surface area contributed by atoms with Crippen LogP contribution in [-0.2, 0) is 4.79 Å². The summed E-state index contributed by atoms with van der Waals surface area (Å²) in [6.07, 6.45) is 1.72. The molecule has 1 amide bonds. The summed E-state index contributed by atoms with van der Waals surface area (Å²) in [6, 6.07) is 13.9. The zero-order chi connectivity index (χ0) is 20.4. The Kier molecular flexibility index (Phi) is 5.56. The van der Waals surface area contributed by atoms with Gasteiger partial charge in [0.2, 0.25) is 0 Å². The normalized spacial score (nSPS) is 15.2. The summed E-state index contributed by atoms with van der Waals surface area (Å²) in [4.78, 5) is 19.1. The molecule has 0 aliphatic carbocycles. The SMILES string of the molecule is Cc1cc(OCC(=O)N2CCC(c3nc4ccccc4o3)CC2)ccc1C(C)C. The second-order valence-electron chi connectivity index (χ2n) is 8.14. The number of hydrogen-bond donors (Lipinski definition) is 0. The molecule has 5 heteroatoms. The third kappa shape index (κ3) is 4.29. The fraction of sp³-hybridized carbons (Fsp3) is 0.417. The molecular weight excluding hydrogens is 364 g/mol. The van der Waals surface area contributed by atoms with Gasteiger partial charge < -0.3 is 14.1 Å². The highest BCUT2D eigenvalue weighted by Crippen LogP contribution is 2.30. The number of benzene rings is 2. The average molecular weight is 392 g/mol. The third-order valence-electron chi connectivity index (χ3n) is 5.73. The number of hydrogen-bond acceptors (Lipinski definition) is 4. The highest BCUT2D eigenvalue weighted by molar-refractivity contribution is 5.78. The maximum atomic E-state index is 12.6. The van der Waals surface area contributed by atoms with Crippen LogP contribution in [0.2, 0.25) is 0 Å². The van der Waals surface area contributed by atoms with Crippen molar-refractivity contribution in [1.29, 1.82) is 0 Å². The lowest BCUT2D eigenvalue weighted by atomic mass is 9.97. The number of para-hydroxylation sites is 2. The largest absolute Gasteiger partial charge is 0.484 e. The molecule has 0 saturated carbocycles. The van der Waals surface area contributed by atoms with Gasteiger partial charge in [0.1, 0.15) is 11.3 Å². The van der Waals surface area contributed by atoms with E-state index in [0.717, 1.165) is 35.6 Å². The lowest BCUT2D eigenvalue weighted by Gasteiger charge is -2.30. The number of aryl methyl sites for hydroxylation is 1. The van der Waals surface area contributed by atoms with Gasteiger partial charge in [-0.15, -0.1) is 0 Å². The van der Waals surface area contributed by atoms with Crippen LogP contribution in [0.1, 0.15) is 55.5 Å². The molecule has 1 aliphatic heterocycles. The Hall–Kier alpha value is -2.82. The summed E-state index contributed by atoms with van der Waals surface area (Å²) in [5.41, 5.74) is 4.23. The van der Waals surface area contributed by atoms with E-state index < -0.39 is 0 Å². The second-order valence-corrected chi connectivity index (χ2v) is 8.14. The van der Waals surface area contributed by atoms with Crippen LogP contribution in [-0.4, -0.2) is 35.5 Å². The van der Waals surface area contributed by atoms with E-state index >= 15 is 0 Å². The number of nitrogens with zero attached hydrogens (tertiary/aromatic N) is 2. The molecule has 2 heterocycles. The molecule has 2 aromatic carbocycles. The molecule has 29 heavy (non-hydrogen) atoms. The van der Waals surface area contributed by atoms with Crippen molar-refractivity contribution in [1.82, 2.24) is 9.88 Å². The first-order valence-corrected chi connectivity index (χ1v) is 10.4. The van der Waals surface area contributed by atoms with Gasteiger partial charge in [0.25, 0.3) is 5.91 Å². The molecule has 0 bridgehead atoms. The molecule has 0 spiro atoms. The second kappa shape index (κ2) is 8.27. The van der Waals surface area contributed by atoms with Gasteiger partial charge in [-0.25, -0.2) is 4.98 Å². The summed E-state index contributed by atoms with van der Waals surface area (Å²) in [5.74, 6) is 2.32. The number of rotatable bonds is 5. The predicted molar refractivity (Wildman–Crippen MR) is 113 cm³/mol. The lowest BCUT2D eigenvalue weighted by molar-refractivity contribution is -0.134. The summed E-state index contributed by atoms with van der Waals surface area (Å²) < 4.78 is 11.7. The summed E-state index contributed by atoms with van der Waals surface area (Å²) >= 11 is 0. The van der Waals surface area contributed by atoms with Crippen LogP contribution in [0.15, 0.2) is 46.9 Å². The number of likely N-dealkylation sites (tertiary alicyclic amines) is 1. The lowest BCUT2D eigenvalue weighted by Crippen LogP contribution is -2.40. The third-order valence-corrected chi connectivity index (χ3v) is 5.73. The first-order chi connectivity index (χ1) is 14.0. The van der Waals surface area contributed by atoms with E-state index in [9.17, 15) is 4.79 Å². The molecule has 0 radical (unpaired) electrons. The number of ether oxygens (including phenoxy) is 1. The number of carbonyl (C=O) groups excluding carboxylic acids is 1. The van der Waals surface area contributed by atoms with Crippen LogP contribution in [0.3, 0.4) is 0 Å². The summed E-state index contributed by atoms with van der Waals surface area (Å²) in [6.45, 7) is 7.93. The Balaban J connectivity index is 1.30. The molecular formula is C24H28N2O3. The molecule has 1 aromatic heterocycles. The van der Waals surface area contributed by atoms with Crippen LogP contribution in [0.25, 0.3) is 11.1 Å². The predicted octanol–water partition coefficient (Wildman–Crippen LogP) is 5.04. The molecule has 0 N–H and O–H groups in total. The average Bonchev–Trinajstić information content (AvgIpc) is 3.16. The molecule has 1 aliphatic rings. The summed E-state index contributed by atoms with van der Waals surface area (Å²) in [5, 5.41) is 0. The number of piperidine rings is 1. The maximum absolute atomic E-state index is 12.6. The summed E-state index contributed by atoms with van der Waals surface area (Å²) in [7, 11) is 0. The van der Waals surface area contributed by atoms with Gasteiger partial charge in [-0.05, 0) is 61.1 Å². The van der Waals surface area contributed by atoms with Crippen molar-refractivity contribution >= 4 is 17.0 Å². The van der Waals surface area contributed by atoms with E-state index in [1.165, 1.54) is 11.1 Å². The van der Waals surface area contributed by atoms with Gasteiger partial charge in [-0.2, -0.15) is 0 Å². The molecule has 4 rings (SSSR count). The Morgan fingerprint density at radius 2 is 1.97 bits per heavy atom. The minimum Gasteiger partial charge on any atom is -0.484 e. The van der Waals surface area contributed by atoms with Crippen molar-refractivity contribution in [2.45, 2.75) is 45.4 Å². The van der Waals surface area contributed by atoms with E-state index in [1.807, 2.05) is 41.3 Å². The van der Waals surface area contributed by atoms with Gasteiger partial charge in [0.05, 0.1) is 0 Å². The van der Waals surface area contributed by atoms with Crippen LogP contribution in [0.5, 0.6) is 5.75 Å². The van der Waals surface area contributed by atoms with Crippen molar-refractivity contribution in [2.75, 3.05) is 19.7 Å². The van der Waals surface area contributed by atoms with Gasteiger partial charge in [-0.1, -0.05) is 32.0 Å². The van der Waals surface area contributed by atoms with Gasteiger partial charge in [0, 0.05) is 19.0 Å². The van der Waals surface area contributed by atoms with E-state index in [1.54, 1.807) is 0 Å². The Labute approximate surface area is 171 Å². The number of carbonyl (C=O) groups is 1. The molecule has 5 nitrogen and oxygen atoms in total. The van der Waals surface area contributed by atoms with Crippen LogP contribution in [0, 0.1) is 6.92 Å². The van der Waals surface area contributed by atoms with Crippen LogP contribution >= 0.6 is 0 Å². The number of oxazole rings is 1. The van der Waals surface area contributed by atoms with Crippen molar-refractivity contribution < 1.29 is 13.9 Å². The highest BCUT2D eigenvalue weighted by atomic mass is 16.5. The molecule has 1 fully saturated rings. The van der Waals surface area contributed by atoms with Crippen molar-refractivity contribution in [3.63, 3.8) is 0 Å². The number of fused-ring (bicyclic) bond motifs is 1. The van der Waals surface area contributed by atoms with Crippen molar-refractivity contribution in [3.8, 4) is 5.75 Å². The zero-order valence-corrected chi connectivity index (χ0v) is 17.4. The Morgan fingerprint density at radius 1 is 1.21 bits per heavy atom. The van der Waals surface area contributed by atoms with E-state index in [2.05, 4.69) is 31.8 Å². The number of aromatic nitrogens is 1. The van der Waals surface area contributed by atoms with E-state index in [-0.39, 0.29) is 18.4 Å². The van der Waals surface area contributed by atoms with E-state index in [0.29, 0.717) is 19.0 Å². The monoisotopic (exact) mass is 392 g/mol. The van der Waals surface area contributed by atoms with Crippen molar-refractivity contribution in [2.24, 2.45) is 0 Å².